The van der Waals surface area contributed by atoms with E-state index >= 15 is 0 Å². The molecule has 17 heavy (non-hydrogen) atoms. The number of carbonyl (C=O) groups excluding carboxylic acids is 1. The Hall–Kier alpha value is -0.580. The minimum atomic E-state index is -0.0322. The number of carbonyl (C=O) groups is 1. The summed E-state index contributed by atoms with van der Waals surface area (Å²) in [5.74, 6) is 0.0917. The van der Waals surface area contributed by atoms with Crippen LogP contribution in [0.3, 0.4) is 0 Å². The third-order valence-electron chi connectivity index (χ3n) is 2.62. The lowest BCUT2D eigenvalue weighted by atomic mass is 9.93. The van der Waals surface area contributed by atoms with Gasteiger partial charge in [-0.1, -0.05) is 13.8 Å². The molecule has 0 spiro atoms. The van der Waals surface area contributed by atoms with Crippen LogP contribution in [0.2, 0.25) is 0 Å². The van der Waals surface area contributed by atoms with Gasteiger partial charge >= 0.3 is 0 Å². The van der Waals surface area contributed by atoms with Gasteiger partial charge in [0, 0.05) is 13.6 Å². The maximum absolute atomic E-state index is 12.1. The third kappa shape index (κ3) is 4.30. The summed E-state index contributed by atoms with van der Waals surface area (Å²) < 4.78 is 0. The smallest absolute Gasteiger partial charge is 0.263 e. The molecule has 98 valence electrons. The van der Waals surface area contributed by atoms with E-state index in [2.05, 4.69) is 13.8 Å². The first-order valence-electron chi connectivity index (χ1n) is 5.37. The zero-order chi connectivity index (χ0) is 12.3. The largest absolute Gasteiger partial charge is 0.340 e. The quantitative estimate of drug-likeness (QED) is 0.919. The highest BCUT2D eigenvalue weighted by atomic mass is 35.5. The zero-order valence-electron chi connectivity index (χ0n) is 10.8. The second-order valence-electron chi connectivity index (χ2n) is 4.96. The molecule has 0 unspecified atom stereocenters. The van der Waals surface area contributed by atoms with Crippen molar-refractivity contribution >= 4 is 29.7 Å². The Morgan fingerprint density at radius 2 is 2.12 bits per heavy atom. The Labute approximate surface area is 113 Å². The van der Waals surface area contributed by atoms with Crippen LogP contribution in [0, 0.1) is 12.3 Å². The lowest BCUT2D eigenvalue weighted by molar-refractivity contribution is 0.0744. The summed E-state index contributed by atoms with van der Waals surface area (Å²) in [6.07, 6.45) is 0. The number of hydrogen-bond acceptors (Lipinski definition) is 3. The fourth-order valence-corrected chi connectivity index (χ4v) is 2.46. The number of halogens is 1. The molecule has 0 saturated heterocycles. The highest BCUT2D eigenvalue weighted by Gasteiger charge is 2.23. The predicted molar refractivity (Wildman–Crippen MR) is 76.1 cm³/mol. The fourth-order valence-electron chi connectivity index (χ4n) is 1.54. The van der Waals surface area contributed by atoms with E-state index in [1.807, 2.05) is 25.4 Å². The summed E-state index contributed by atoms with van der Waals surface area (Å²) in [5, 5.41) is 1.95. The van der Waals surface area contributed by atoms with Crippen LogP contribution in [0.1, 0.15) is 29.1 Å². The van der Waals surface area contributed by atoms with Crippen LogP contribution in [0.15, 0.2) is 11.4 Å². The standard InChI is InChI=1S/C12H20N2OS.ClH/c1-9-5-6-16-10(9)11(15)14(4)8-12(2,3)7-13;/h5-6H,7-8,13H2,1-4H3;1H. The molecule has 0 aromatic carbocycles. The molecule has 2 N–H and O–H groups in total. The molecule has 1 aromatic rings. The number of nitrogens with two attached hydrogens (primary N) is 1. The van der Waals surface area contributed by atoms with Gasteiger partial charge in [-0.2, -0.15) is 0 Å². The van der Waals surface area contributed by atoms with Gasteiger partial charge in [-0.15, -0.1) is 23.7 Å². The molecule has 5 heteroatoms. The van der Waals surface area contributed by atoms with Crippen LogP contribution in [-0.4, -0.2) is 30.9 Å². The van der Waals surface area contributed by atoms with Crippen molar-refractivity contribution in [3.05, 3.63) is 21.9 Å². The van der Waals surface area contributed by atoms with E-state index in [-0.39, 0.29) is 23.7 Å². The van der Waals surface area contributed by atoms with Gasteiger partial charge in [-0.05, 0) is 35.9 Å². The van der Waals surface area contributed by atoms with E-state index in [0.29, 0.717) is 13.1 Å². The molecule has 1 heterocycles. The van der Waals surface area contributed by atoms with Crippen LogP contribution in [0.4, 0.5) is 0 Å². The number of rotatable bonds is 4. The van der Waals surface area contributed by atoms with Crippen molar-refractivity contribution in [3.8, 4) is 0 Å². The molecular formula is C12H21ClN2OS. The van der Waals surface area contributed by atoms with E-state index in [1.165, 1.54) is 11.3 Å². The SMILES string of the molecule is Cc1ccsc1C(=O)N(C)CC(C)(C)CN.Cl. The lowest BCUT2D eigenvalue weighted by Crippen LogP contribution is -2.39. The molecule has 0 aliphatic heterocycles. The van der Waals surface area contributed by atoms with Gasteiger partial charge in [0.25, 0.3) is 5.91 Å². The number of thiophene rings is 1. The first kappa shape index (κ1) is 16.4. The number of amides is 1. The number of aryl methyl sites for hydroxylation is 1. The highest BCUT2D eigenvalue weighted by molar-refractivity contribution is 7.12. The summed E-state index contributed by atoms with van der Waals surface area (Å²) in [5.41, 5.74) is 6.68. The Bertz CT molecular complexity index is 376. The summed E-state index contributed by atoms with van der Waals surface area (Å²) in [7, 11) is 1.83. The van der Waals surface area contributed by atoms with Crippen molar-refractivity contribution in [2.45, 2.75) is 20.8 Å². The molecular weight excluding hydrogens is 256 g/mol. The fraction of sp³-hybridized carbons (Fsp3) is 0.583. The highest BCUT2D eigenvalue weighted by Crippen LogP contribution is 2.20. The Balaban J connectivity index is 0.00000256. The maximum atomic E-state index is 12.1. The molecule has 3 nitrogen and oxygen atoms in total. The van der Waals surface area contributed by atoms with E-state index < -0.39 is 0 Å². The van der Waals surface area contributed by atoms with E-state index in [0.717, 1.165) is 10.4 Å². The van der Waals surface area contributed by atoms with Crippen molar-refractivity contribution in [1.82, 2.24) is 4.90 Å². The normalized spacial score (nSPS) is 10.9. The van der Waals surface area contributed by atoms with Gasteiger partial charge in [0.2, 0.25) is 0 Å². The van der Waals surface area contributed by atoms with Crippen LogP contribution >= 0.6 is 23.7 Å². The molecule has 0 bridgehead atoms. The van der Waals surface area contributed by atoms with Crippen molar-refractivity contribution in [2.75, 3.05) is 20.1 Å². The first-order chi connectivity index (χ1) is 7.37. The number of hydrogen-bond donors (Lipinski definition) is 1. The summed E-state index contributed by atoms with van der Waals surface area (Å²) >= 11 is 1.50. The Morgan fingerprint density at radius 1 is 1.53 bits per heavy atom. The van der Waals surface area contributed by atoms with Crippen molar-refractivity contribution < 1.29 is 4.79 Å². The average molecular weight is 277 g/mol. The van der Waals surface area contributed by atoms with Gasteiger partial charge in [-0.3, -0.25) is 4.79 Å². The van der Waals surface area contributed by atoms with Crippen LogP contribution < -0.4 is 5.73 Å². The van der Waals surface area contributed by atoms with Crippen LogP contribution in [0.25, 0.3) is 0 Å². The van der Waals surface area contributed by atoms with Crippen molar-refractivity contribution in [3.63, 3.8) is 0 Å². The second-order valence-corrected chi connectivity index (χ2v) is 5.88. The second kappa shape index (κ2) is 6.38. The molecule has 0 atom stereocenters. The van der Waals surface area contributed by atoms with Gasteiger partial charge in [0.1, 0.15) is 0 Å². The van der Waals surface area contributed by atoms with E-state index in [1.54, 1.807) is 4.90 Å². The predicted octanol–water partition coefficient (Wildman–Crippen LogP) is 2.54. The minimum absolute atomic E-state index is 0. The Morgan fingerprint density at radius 3 is 2.53 bits per heavy atom. The van der Waals surface area contributed by atoms with Gasteiger partial charge in [-0.25, -0.2) is 0 Å². The van der Waals surface area contributed by atoms with Gasteiger partial charge in [0.05, 0.1) is 4.88 Å². The molecule has 1 rings (SSSR count). The van der Waals surface area contributed by atoms with Crippen molar-refractivity contribution in [1.29, 1.82) is 0 Å². The molecule has 0 aliphatic carbocycles. The van der Waals surface area contributed by atoms with E-state index in [9.17, 15) is 4.79 Å². The first-order valence-corrected chi connectivity index (χ1v) is 6.25. The molecule has 0 fully saturated rings. The third-order valence-corrected chi connectivity index (χ3v) is 3.63. The monoisotopic (exact) mass is 276 g/mol. The van der Waals surface area contributed by atoms with Crippen LogP contribution in [-0.2, 0) is 0 Å². The Kier molecular flexibility index (Phi) is 6.16. The van der Waals surface area contributed by atoms with Crippen molar-refractivity contribution in [2.24, 2.45) is 11.1 Å². The van der Waals surface area contributed by atoms with Gasteiger partial charge in [0.15, 0.2) is 0 Å². The summed E-state index contributed by atoms with van der Waals surface area (Å²) in [6, 6.07) is 1.97. The summed E-state index contributed by atoms with van der Waals surface area (Å²) in [6.45, 7) is 7.36. The zero-order valence-corrected chi connectivity index (χ0v) is 12.5. The topological polar surface area (TPSA) is 46.3 Å². The molecule has 0 radical (unpaired) electrons. The molecule has 1 aromatic heterocycles. The van der Waals surface area contributed by atoms with Crippen LogP contribution in [0.5, 0.6) is 0 Å². The molecule has 0 saturated carbocycles. The van der Waals surface area contributed by atoms with Gasteiger partial charge < -0.3 is 10.6 Å². The number of nitrogens with zero attached hydrogens (tertiary/aromatic N) is 1. The average Bonchev–Trinajstić information content (AvgIpc) is 2.62. The maximum Gasteiger partial charge on any atom is 0.263 e. The molecule has 1 amide bonds. The lowest BCUT2D eigenvalue weighted by Gasteiger charge is -2.28. The minimum Gasteiger partial charge on any atom is -0.340 e. The molecule has 0 aliphatic rings. The van der Waals surface area contributed by atoms with E-state index in [4.69, 9.17) is 5.73 Å². The summed E-state index contributed by atoms with van der Waals surface area (Å²) in [4.78, 5) is 14.7.